The molecule has 0 aromatic rings. The Balaban J connectivity index is 2.66. The lowest BCUT2D eigenvalue weighted by atomic mass is 9.81. The predicted molar refractivity (Wildman–Crippen MR) is 67.7 cm³/mol. The van der Waals surface area contributed by atoms with E-state index < -0.39 is 0 Å². The van der Waals surface area contributed by atoms with Gasteiger partial charge in [-0.25, -0.2) is 0 Å². The van der Waals surface area contributed by atoms with E-state index in [1.54, 1.807) is 5.92 Å². The molecule has 0 spiro atoms. The lowest BCUT2D eigenvalue weighted by Gasteiger charge is -2.33. The summed E-state index contributed by atoms with van der Waals surface area (Å²) in [6, 6.07) is 0. The fraction of sp³-hybridized carbons (Fsp3) is 0.923. The van der Waals surface area contributed by atoms with Crippen LogP contribution in [-0.4, -0.2) is 10.5 Å². The van der Waals surface area contributed by atoms with Gasteiger partial charge in [0.05, 0.1) is 24.5 Å². The zero-order chi connectivity index (χ0) is 10.6. The third-order valence-corrected chi connectivity index (χ3v) is 5.07. The van der Waals surface area contributed by atoms with Crippen molar-refractivity contribution >= 4 is 11.8 Å². The van der Waals surface area contributed by atoms with E-state index in [0.717, 1.165) is 5.92 Å². The summed E-state index contributed by atoms with van der Waals surface area (Å²) in [6.45, 7) is 9.41. The SMILES string of the molecule is CCC1CCCCSC1(C)C[C+](C)C. The predicted octanol–water partition coefficient (Wildman–Crippen LogP) is 4.69. The summed E-state index contributed by atoms with van der Waals surface area (Å²) < 4.78 is 0.532. The maximum atomic E-state index is 2.49. The molecule has 1 aliphatic heterocycles. The van der Waals surface area contributed by atoms with E-state index in [0.29, 0.717) is 4.75 Å². The fourth-order valence-corrected chi connectivity index (χ4v) is 4.48. The summed E-state index contributed by atoms with van der Waals surface area (Å²) >= 11 is 2.23. The second-order valence-electron chi connectivity index (χ2n) is 5.15. The number of hydrogen-bond donors (Lipinski definition) is 0. The summed E-state index contributed by atoms with van der Waals surface area (Å²) in [5.41, 5.74) is 0. The van der Waals surface area contributed by atoms with Crippen LogP contribution >= 0.6 is 11.8 Å². The summed E-state index contributed by atoms with van der Waals surface area (Å²) in [7, 11) is 0. The molecule has 0 aromatic heterocycles. The first-order chi connectivity index (χ1) is 6.58. The smallest absolute Gasteiger partial charge is 0.104 e. The maximum Gasteiger partial charge on any atom is 0.104 e. The topological polar surface area (TPSA) is 0 Å². The molecular formula is C13H25S+. The normalized spacial score (nSPS) is 33.9. The summed E-state index contributed by atoms with van der Waals surface area (Å²) in [5.74, 6) is 3.91. The molecule has 0 nitrogen and oxygen atoms in total. The number of hydrogen-bond acceptors (Lipinski definition) is 1. The van der Waals surface area contributed by atoms with Crippen molar-refractivity contribution in [2.75, 3.05) is 5.75 Å². The molecule has 0 amide bonds. The molecular weight excluding hydrogens is 188 g/mol. The first-order valence-electron chi connectivity index (χ1n) is 6.01. The molecule has 1 fully saturated rings. The highest BCUT2D eigenvalue weighted by Crippen LogP contribution is 2.45. The minimum Gasteiger partial charge on any atom is -0.151 e. The second kappa shape index (κ2) is 5.34. The van der Waals surface area contributed by atoms with E-state index in [9.17, 15) is 0 Å². The fourth-order valence-electron chi connectivity index (χ4n) is 2.75. The Morgan fingerprint density at radius 3 is 2.64 bits per heavy atom. The van der Waals surface area contributed by atoms with Gasteiger partial charge in [-0.15, -0.1) is 0 Å². The largest absolute Gasteiger partial charge is 0.151 e. The summed E-state index contributed by atoms with van der Waals surface area (Å²) in [5, 5.41) is 0. The van der Waals surface area contributed by atoms with E-state index in [2.05, 4.69) is 39.5 Å². The Hall–Kier alpha value is 0.220. The van der Waals surface area contributed by atoms with E-state index in [1.165, 1.54) is 37.9 Å². The van der Waals surface area contributed by atoms with Crippen LogP contribution in [0.25, 0.3) is 0 Å². The Morgan fingerprint density at radius 1 is 1.36 bits per heavy atom. The maximum absolute atomic E-state index is 2.49. The van der Waals surface area contributed by atoms with Crippen LogP contribution in [0.5, 0.6) is 0 Å². The molecule has 1 aliphatic rings. The summed E-state index contributed by atoms with van der Waals surface area (Å²) in [6.07, 6.45) is 7.00. The van der Waals surface area contributed by atoms with Crippen molar-refractivity contribution in [2.24, 2.45) is 5.92 Å². The van der Waals surface area contributed by atoms with Gasteiger partial charge in [-0.3, -0.25) is 0 Å². The van der Waals surface area contributed by atoms with Crippen molar-refractivity contribution in [2.45, 2.75) is 64.5 Å². The Kier molecular flexibility index (Phi) is 4.69. The van der Waals surface area contributed by atoms with Crippen molar-refractivity contribution < 1.29 is 0 Å². The van der Waals surface area contributed by atoms with Gasteiger partial charge in [0, 0.05) is 0 Å². The van der Waals surface area contributed by atoms with Crippen molar-refractivity contribution in [1.82, 2.24) is 0 Å². The van der Waals surface area contributed by atoms with Crippen molar-refractivity contribution in [3.63, 3.8) is 0 Å². The molecule has 2 atom stereocenters. The standard InChI is InChI=1S/C13H25S/c1-5-12-8-6-7-9-14-13(12,4)10-11(2)3/h12H,5-10H2,1-4H3/q+1. The first kappa shape index (κ1) is 12.3. The Bertz CT molecular complexity index is 165. The van der Waals surface area contributed by atoms with Gasteiger partial charge < -0.3 is 0 Å². The van der Waals surface area contributed by atoms with E-state index >= 15 is 0 Å². The van der Waals surface area contributed by atoms with Gasteiger partial charge in [0.15, 0.2) is 0 Å². The molecule has 1 heteroatoms. The Labute approximate surface area is 94.2 Å². The highest BCUT2D eigenvalue weighted by molar-refractivity contribution is 8.00. The van der Waals surface area contributed by atoms with Crippen LogP contribution in [0, 0.1) is 11.8 Å². The minimum absolute atomic E-state index is 0.532. The van der Waals surface area contributed by atoms with Gasteiger partial charge in [0.1, 0.15) is 6.42 Å². The zero-order valence-electron chi connectivity index (χ0n) is 10.2. The molecule has 14 heavy (non-hydrogen) atoms. The molecule has 1 heterocycles. The number of thioether (sulfide) groups is 1. The van der Waals surface area contributed by atoms with Gasteiger partial charge in [-0.05, 0) is 31.4 Å². The molecule has 0 saturated carbocycles. The molecule has 0 aliphatic carbocycles. The van der Waals surface area contributed by atoms with Crippen molar-refractivity contribution in [3.05, 3.63) is 5.92 Å². The van der Waals surface area contributed by atoms with Crippen molar-refractivity contribution in [3.8, 4) is 0 Å². The molecule has 0 N–H and O–H groups in total. The van der Waals surface area contributed by atoms with E-state index in [1.807, 2.05) is 0 Å². The molecule has 82 valence electrons. The highest BCUT2D eigenvalue weighted by Gasteiger charge is 2.38. The Morgan fingerprint density at radius 2 is 2.07 bits per heavy atom. The van der Waals surface area contributed by atoms with Crippen LogP contribution < -0.4 is 0 Å². The van der Waals surface area contributed by atoms with Crippen LogP contribution in [0.4, 0.5) is 0 Å². The van der Waals surface area contributed by atoms with Gasteiger partial charge in [-0.1, -0.05) is 19.8 Å². The van der Waals surface area contributed by atoms with Crippen LogP contribution in [0.3, 0.4) is 0 Å². The second-order valence-corrected chi connectivity index (χ2v) is 6.78. The van der Waals surface area contributed by atoms with Gasteiger partial charge >= 0.3 is 0 Å². The molecule has 2 unspecified atom stereocenters. The molecule has 0 radical (unpaired) electrons. The molecule has 0 aromatic carbocycles. The van der Waals surface area contributed by atoms with Crippen molar-refractivity contribution in [1.29, 1.82) is 0 Å². The van der Waals surface area contributed by atoms with Gasteiger partial charge in [0.25, 0.3) is 0 Å². The number of rotatable bonds is 3. The highest BCUT2D eigenvalue weighted by atomic mass is 32.2. The van der Waals surface area contributed by atoms with Crippen LogP contribution in [0.1, 0.15) is 59.8 Å². The molecule has 1 saturated heterocycles. The monoisotopic (exact) mass is 213 g/mol. The average molecular weight is 213 g/mol. The van der Waals surface area contributed by atoms with Crippen LogP contribution in [-0.2, 0) is 0 Å². The van der Waals surface area contributed by atoms with E-state index in [-0.39, 0.29) is 0 Å². The lowest BCUT2D eigenvalue weighted by molar-refractivity contribution is 0.349. The lowest BCUT2D eigenvalue weighted by Crippen LogP contribution is -2.31. The quantitative estimate of drug-likeness (QED) is 0.613. The van der Waals surface area contributed by atoms with Gasteiger partial charge in [0.2, 0.25) is 0 Å². The van der Waals surface area contributed by atoms with Gasteiger partial charge in [-0.2, -0.15) is 11.8 Å². The first-order valence-corrected chi connectivity index (χ1v) is 7.00. The zero-order valence-corrected chi connectivity index (χ0v) is 11.0. The van der Waals surface area contributed by atoms with Crippen LogP contribution in [0.15, 0.2) is 0 Å². The third kappa shape index (κ3) is 3.12. The summed E-state index contributed by atoms with van der Waals surface area (Å²) in [4.78, 5) is 0. The molecule has 1 rings (SSSR count). The average Bonchev–Trinajstić information content (AvgIpc) is 2.25. The third-order valence-electron chi connectivity index (χ3n) is 3.44. The van der Waals surface area contributed by atoms with Crippen LogP contribution in [0.2, 0.25) is 0 Å². The van der Waals surface area contributed by atoms with E-state index in [4.69, 9.17) is 0 Å². The molecule has 0 bridgehead atoms. The minimum atomic E-state index is 0.532.